The van der Waals surface area contributed by atoms with Crippen molar-refractivity contribution in [2.24, 2.45) is 0 Å². The Labute approximate surface area is 141 Å². The van der Waals surface area contributed by atoms with E-state index in [0.717, 1.165) is 25.9 Å². The number of nitrogens with one attached hydrogen (secondary N) is 1. The van der Waals surface area contributed by atoms with Gasteiger partial charge in [-0.15, -0.1) is 0 Å². The van der Waals surface area contributed by atoms with Crippen molar-refractivity contribution in [3.63, 3.8) is 0 Å². The molecule has 21 heavy (non-hydrogen) atoms. The molecule has 0 aliphatic heterocycles. The summed E-state index contributed by atoms with van der Waals surface area (Å²) in [7, 11) is 1.64. The molecule has 0 radical (unpaired) electrons. The summed E-state index contributed by atoms with van der Waals surface area (Å²) in [6.45, 7) is 2.05. The third-order valence-corrected chi connectivity index (χ3v) is 4.26. The van der Waals surface area contributed by atoms with Crippen LogP contribution in [-0.4, -0.2) is 7.11 Å². The van der Waals surface area contributed by atoms with Crippen LogP contribution in [0.3, 0.4) is 0 Å². The predicted molar refractivity (Wildman–Crippen MR) is 91.6 cm³/mol. The zero-order valence-corrected chi connectivity index (χ0v) is 14.8. The van der Waals surface area contributed by atoms with Crippen molar-refractivity contribution in [3.8, 4) is 11.8 Å². The van der Waals surface area contributed by atoms with Gasteiger partial charge in [0.15, 0.2) is 0 Å². The lowest BCUT2D eigenvalue weighted by Gasteiger charge is -2.18. The number of ether oxygens (including phenoxy) is 1. The molecule has 5 heteroatoms. The van der Waals surface area contributed by atoms with Gasteiger partial charge in [0.1, 0.15) is 11.8 Å². The summed E-state index contributed by atoms with van der Waals surface area (Å²) in [4.78, 5) is 0. The van der Waals surface area contributed by atoms with E-state index in [1.807, 2.05) is 30.3 Å². The van der Waals surface area contributed by atoms with E-state index in [1.165, 1.54) is 0 Å². The van der Waals surface area contributed by atoms with Crippen molar-refractivity contribution < 1.29 is 4.74 Å². The van der Waals surface area contributed by atoms with Gasteiger partial charge in [-0.2, -0.15) is 5.26 Å². The zero-order chi connectivity index (χ0) is 15.4. The Bertz CT molecular complexity index is 695. The fourth-order valence-corrected chi connectivity index (χ4v) is 2.92. The van der Waals surface area contributed by atoms with Gasteiger partial charge in [-0.1, -0.05) is 22.0 Å². The highest BCUT2D eigenvalue weighted by molar-refractivity contribution is 9.10. The topological polar surface area (TPSA) is 45.0 Å². The molecule has 0 aliphatic carbocycles. The highest BCUT2D eigenvalue weighted by Gasteiger charge is 2.11. The van der Waals surface area contributed by atoms with Crippen molar-refractivity contribution in [1.82, 2.24) is 0 Å². The molecule has 0 heterocycles. The smallest absolute Gasteiger partial charge is 0.133 e. The van der Waals surface area contributed by atoms with E-state index in [9.17, 15) is 5.26 Å². The molecule has 1 N–H and O–H groups in total. The number of anilines is 1. The fraction of sp³-hybridized carbons (Fsp3) is 0.188. The van der Waals surface area contributed by atoms with E-state index in [2.05, 4.69) is 50.2 Å². The molecular formula is C16H14Br2N2O. The third kappa shape index (κ3) is 3.78. The molecule has 0 aromatic heterocycles. The second-order valence-electron chi connectivity index (χ2n) is 4.56. The largest absolute Gasteiger partial charge is 0.496 e. The number of rotatable bonds is 4. The van der Waals surface area contributed by atoms with E-state index in [-0.39, 0.29) is 6.04 Å². The molecule has 1 atom stereocenters. The van der Waals surface area contributed by atoms with Crippen LogP contribution in [0.4, 0.5) is 5.69 Å². The normalized spacial score (nSPS) is 11.6. The van der Waals surface area contributed by atoms with Gasteiger partial charge in [-0.3, -0.25) is 0 Å². The first-order chi connectivity index (χ1) is 10.0. The van der Waals surface area contributed by atoms with E-state index in [0.29, 0.717) is 5.56 Å². The van der Waals surface area contributed by atoms with E-state index in [1.54, 1.807) is 13.2 Å². The van der Waals surface area contributed by atoms with Crippen LogP contribution in [0, 0.1) is 11.3 Å². The van der Waals surface area contributed by atoms with Crippen LogP contribution >= 0.6 is 31.9 Å². The molecule has 0 bridgehead atoms. The molecule has 0 aliphatic rings. The molecular weight excluding hydrogens is 396 g/mol. The summed E-state index contributed by atoms with van der Waals surface area (Å²) in [5.74, 6) is 0.797. The Morgan fingerprint density at radius 2 is 1.95 bits per heavy atom. The lowest BCUT2D eigenvalue weighted by molar-refractivity contribution is 0.412. The monoisotopic (exact) mass is 408 g/mol. The SMILES string of the molecule is COc1ccc(C(C)Nc2cc(Br)ccc2C#N)cc1Br. The Kier molecular flexibility index (Phi) is 5.27. The van der Waals surface area contributed by atoms with Crippen LogP contribution in [0.5, 0.6) is 5.75 Å². The molecule has 0 saturated carbocycles. The molecule has 2 aromatic carbocycles. The number of nitrogens with zero attached hydrogens (tertiary/aromatic N) is 1. The first kappa shape index (κ1) is 15.9. The molecule has 0 spiro atoms. The van der Waals surface area contributed by atoms with Crippen molar-refractivity contribution >= 4 is 37.5 Å². The van der Waals surface area contributed by atoms with Crippen molar-refractivity contribution in [2.75, 3.05) is 12.4 Å². The quantitative estimate of drug-likeness (QED) is 0.748. The van der Waals surface area contributed by atoms with E-state index in [4.69, 9.17) is 4.74 Å². The minimum absolute atomic E-state index is 0.0635. The Hall–Kier alpha value is -1.51. The highest BCUT2D eigenvalue weighted by Crippen LogP contribution is 2.30. The van der Waals surface area contributed by atoms with Crippen LogP contribution in [-0.2, 0) is 0 Å². The molecule has 0 amide bonds. The zero-order valence-electron chi connectivity index (χ0n) is 11.7. The molecule has 108 valence electrons. The lowest BCUT2D eigenvalue weighted by Crippen LogP contribution is -2.08. The second-order valence-corrected chi connectivity index (χ2v) is 6.33. The van der Waals surface area contributed by atoms with Crippen molar-refractivity contribution in [2.45, 2.75) is 13.0 Å². The fourth-order valence-electron chi connectivity index (χ4n) is 2.00. The number of halogens is 2. The van der Waals surface area contributed by atoms with Gasteiger partial charge in [0.2, 0.25) is 0 Å². The third-order valence-electron chi connectivity index (χ3n) is 3.15. The Morgan fingerprint density at radius 3 is 2.57 bits per heavy atom. The van der Waals surface area contributed by atoms with Gasteiger partial charge in [0.25, 0.3) is 0 Å². The molecule has 0 saturated heterocycles. The van der Waals surface area contributed by atoms with Crippen molar-refractivity contribution in [3.05, 3.63) is 56.5 Å². The predicted octanol–water partition coefficient (Wildman–Crippen LogP) is 5.26. The Balaban J connectivity index is 2.26. The lowest BCUT2D eigenvalue weighted by atomic mass is 10.1. The molecule has 0 fully saturated rings. The minimum atomic E-state index is 0.0635. The van der Waals surface area contributed by atoms with Crippen LogP contribution < -0.4 is 10.1 Å². The summed E-state index contributed by atoms with van der Waals surface area (Å²) in [6.07, 6.45) is 0. The molecule has 2 rings (SSSR count). The first-order valence-electron chi connectivity index (χ1n) is 6.34. The maximum Gasteiger partial charge on any atom is 0.133 e. The summed E-state index contributed by atoms with van der Waals surface area (Å²) in [5, 5.41) is 12.5. The van der Waals surface area contributed by atoms with Gasteiger partial charge in [0.05, 0.1) is 22.8 Å². The number of hydrogen-bond acceptors (Lipinski definition) is 3. The van der Waals surface area contributed by atoms with Gasteiger partial charge < -0.3 is 10.1 Å². The van der Waals surface area contributed by atoms with Crippen LogP contribution in [0.25, 0.3) is 0 Å². The maximum atomic E-state index is 9.18. The Morgan fingerprint density at radius 1 is 1.19 bits per heavy atom. The van der Waals surface area contributed by atoms with Crippen LogP contribution in [0.2, 0.25) is 0 Å². The maximum absolute atomic E-state index is 9.18. The summed E-state index contributed by atoms with van der Waals surface area (Å²) >= 11 is 6.92. The molecule has 1 unspecified atom stereocenters. The summed E-state index contributed by atoms with van der Waals surface area (Å²) in [5.41, 5.74) is 2.54. The average Bonchev–Trinajstić information content (AvgIpc) is 2.47. The first-order valence-corrected chi connectivity index (χ1v) is 7.93. The highest BCUT2D eigenvalue weighted by atomic mass is 79.9. The van der Waals surface area contributed by atoms with E-state index >= 15 is 0 Å². The number of nitriles is 1. The molecule has 2 aromatic rings. The van der Waals surface area contributed by atoms with Gasteiger partial charge in [0, 0.05) is 10.5 Å². The van der Waals surface area contributed by atoms with Gasteiger partial charge in [-0.05, 0) is 58.7 Å². The average molecular weight is 410 g/mol. The second kappa shape index (κ2) is 6.97. The summed E-state index contributed by atoms with van der Waals surface area (Å²) in [6, 6.07) is 13.8. The van der Waals surface area contributed by atoms with Crippen LogP contribution in [0.15, 0.2) is 45.3 Å². The molecule has 3 nitrogen and oxygen atoms in total. The van der Waals surface area contributed by atoms with Crippen molar-refractivity contribution in [1.29, 1.82) is 5.26 Å². The summed E-state index contributed by atoms with van der Waals surface area (Å²) < 4.78 is 7.08. The van der Waals surface area contributed by atoms with Crippen LogP contribution in [0.1, 0.15) is 24.1 Å². The number of hydrogen-bond donors (Lipinski definition) is 1. The number of benzene rings is 2. The van der Waals surface area contributed by atoms with E-state index < -0.39 is 0 Å². The minimum Gasteiger partial charge on any atom is -0.496 e. The standard InChI is InChI=1S/C16H14Br2N2O/c1-10(11-4-6-16(21-2)14(18)7-11)20-15-8-13(17)5-3-12(15)9-19/h3-8,10,20H,1-2H3. The number of methoxy groups -OCH3 is 1. The van der Waals surface area contributed by atoms with Gasteiger partial charge in [-0.25, -0.2) is 0 Å². The van der Waals surface area contributed by atoms with Gasteiger partial charge >= 0.3 is 0 Å².